The van der Waals surface area contributed by atoms with E-state index in [0.717, 1.165) is 23.3 Å². The summed E-state index contributed by atoms with van der Waals surface area (Å²) in [4.78, 5) is 0. The van der Waals surface area contributed by atoms with Gasteiger partial charge >= 0.3 is 0 Å². The normalized spacial score (nSPS) is 9.77. The smallest absolute Gasteiger partial charge is 0.191 e. The van der Waals surface area contributed by atoms with E-state index in [2.05, 4.69) is 21.7 Å². The Hall–Kier alpha value is 0.570. The zero-order chi connectivity index (χ0) is 8.97. The van der Waals surface area contributed by atoms with Crippen molar-refractivity contribution in [2.45, 2.75) is 30.2 Å². The van der Waals surface area contributed by atoms with Crippen molar-refractivity contribution in [3.05, 3.63) is 0 Å². The first-order valence-electron chi connectivity index (χ1n) is 3.84. The molecule has 0 saturated heterocycles. The molecule has 0 aliphatic carbocycles. The van der Waals surface area contributed by atoms with E-state index in [1.807, 2.05) is 12.5 Å². The molecule has 0 atom stereocenters. The Morgan fingerprint density at radius 3 is 1.92 bits per heavy atom. The molecule has 0 N–H and O–H groups in total. The zero-order valence-corrected chi connectivity index (χ0v) is 11.7. The maximum atomic E-state index is 4.08. The molecule has 13 heavy (non-hydrogen) atoms. The largest absolute Gasteiger partial charge is 1.00 e. The molecule has 0 unspecified atom stereocenters. The van der Waals surface area contributed by atoms with Crippen LogP contribution in [0, 0.1) is 0 Å². The molecule has 0 amide bonds. The summed E-state index contributed by atoms with van der Waals surface area (Å²) in [6.45, 7) is 3.17. The fraction of sp³-hybridized carbons (Fsp3) is 0.714. The molecule has 0 saturated carbocycles. The SMILES string of the molecule is CCCn1c(SC)nnc1SC.[I-]. The van der Waals surface area contributed by atoms with E-state index in [1.165, 1.54) is 0 Å². The van der Waals surface area contributed by atoms with E-state index in [9.17, 15) is 0 Å². The minimum Gasteiger partial charge on any atom is -1.00 e. The van der Waals surface area contributed by atoms with Gasteiger partial charge in [-0.1, -0.05) is 30.4 Å². The summed E-state index contributed by atoms with van der Waals surface area (Å²) in [5.74, 6) is 0. The Kier molecular flexibility index (Phi) is 7.25. The number of hydrogen-bond acceptors (Lipinski definition) is 4. The van der Waals surface area contributed by atoms with E-state index in [-0.39, 0.29) is 24.0 Å². The van der Waals surface area contributed by atoms with E-state index in [0.29, 0.717) is 0 Å². The molecule has 1 rings (SSSR count). The molecule has 3 nitrogen and oxygen atoms in total. The van der Waals surface area contributed by atoms with Crippen molar-refractivity contribution in [3.8, 4) is 0 Å². The van der Waals surface area contributed by atoms with Crippen LogP contribution < -0.4 is 24.0 Å². The van der Waals surface area contributed by atoms with Crippen molar-refractivity contribution in [3.63, 3.8) is 0 Å². The molecule has 0 bridgehead atoms. The maximum absolute atomic E-state index is 4.08. The first-order valence-corrected chi connectivity index (χ1v) is 6.29. The van der Waals surface area contributed by atoms with Gasteiger partial charge in [-0.2, -0.15) is 0 Å². The highest BCUT2D eigenvalue weighted by atomic mass is 127. The fourth-order valence-electron chi connectivity index (χ4n) is 0.992. The third kappa shape index (κ3) is 3.32. The Bertz CT molecular complexity index is 230. The molecule has 6 heteroatoms. The monoisotopic (exact) mass is 330 g/mol. The number of nitrogens with zero attached hydrogens (tertiary/aromatic N) is 3. The summed E-state index contributed by atoms with van der Waals surface area (Å²) >= 11 is 3.30. The van der Waals surface area contributed by atoms with Gasteiger partial charge in [0.15, 0.2) is 10.3 Å². The molecule has 0 aliphatic heterocycles. The van der Waals surface area contributed by atoms with Gasteiger partial charge in [0.1, 0.15) is 0 Å². The molecule has 76 valence electrons. The van der Waals surface area contributed by atoms with Crippen molar-refractivity contribution in [1.82, 2.24) is 14.8 Å². The van der Waals surface area contributed by atoms with E-state index < -0.39 is 0 Å². The Morgan fingerprint density at radius 2 is 1.62 bits per heavy atom. The zero-order valence-electron chi connectivity index (χ0n) is 7.95. The summed E-state index contributed by atoms with van der Waals surface area (Å²) in [6, 6.07) is 0. The molecule has 1 aromatic rings. The molecular formula is C7H13IN3S2-. The van der Waals surface area contributed by atoms with Crippen LogP contribution in [0.1, 0.15) is 13.3 Å². The predicted molar refractivity (Wildman–Crippen MR) is 53.9 cm³/mol. The lowest BCUT2D eigenvalue weighted by atomic mass is 10.5. The number of thioether (sulfide) groups is 2. The van der Waals surface area contributed by atoms with Gasteiger partial charge in [0, 0.05) is 6.54 Å². The summed E-state index contributed by atoms with van der Waals surface area (Å²) < 4.78 is 2.16. The maximum Gasteiger partial charge on any atom is 0.191 e. The molecule has 0 fully saturated rings. The minimum atomic E-state index is 0. The number of hydrogen-bond donors (Lipinski definition) is 0. The highest BCUT2D eigenvalue weighted by Gasteiger charge is 2.08. The molecule has 0 spiro atoms. The van der Waals surface area contributed by atoms with Gasteiger partial charge in [0.2, 0.25) is 0 Å². The van der Waals surface area contributed by atoms with Crippen molar-refractivity contribution >= 4 is 23.5 Å². The molecule has 1 heterocycles. The lowest BCUT2D eigenvalue weighted by Gasteiger charge is -2.04. The molecule has 0 aromatic carbocycles. The van der Waals surface area contributed by atoms with Gasteiger partial charge in [-0.05, 0) is 18.9 Å². The lowest BCUT2D eigenvalue weighted by Crippen LogP contribution is -3.00. The van der Waals surface area contributed by atoms with Gasteiger partial charge in [-0.25, -0.2) is 0 Å². The quantitative estimate of drug-likeness (QED) is 0.531. The first-order chi connectivity index (χ1) is 5.83. The van der Waals surface area contributed by atoms with Crippen molar-refractivity contribution in [2.24, 2.45) is 0 Å². The van der Waals surface area contributed by atoms with Crippen molar-refractivity contribution in [1.29, 1.82) is 0 Å². The summed E-state index contributed by atoms with van der Waals surface area (Å²) in [5, 5.41) is 10.2. The second-order valence-corrected chi connectivity index (χ2v) is 3.87. The average Bonchev–Trinajstić information content (AvgIpc) is 2.48. The van der Waals surface area contributed by atoms with Crippen LogP contribution in [0.3, 0.4) is 0 Å². The van der Waals surface area contributed by atoms with Gasteiger partial charge in [0.05, 0.1) is 0 Å². The van der Waals surface area contributed by atoms with Crippen LogP contribution in [0.25, 0.3) is 0 Å². The van der Waals surface area contributed by atoms with Crippen LogP contribution in [0.5, 0.6) is 0 Å². The van der Waals surface area contributed by atoms with Crippen LogP contribution in [-0.4, -0.2) is 27.3 Å². The summed E-state index contributed by atoms with van der Waals surface area (Å²) in [6.07, 6.45) is 5.18. The third-order valence-electron chi connectivity index (χ3n) is 1.50. The van der Waals surface area contributed by atoms with E-state index in [4.69, 9.17) is 0 Å². The van der Waals surface area contributed by atoms with E-state index >= 15 is 0 Å². The first kappa shape index (κ1) is 13.6. The average molecular weight is 330 g/mol. The van der Waals surface area contributed by atoms with Gasteiger partial charge < -0.3 is 24.0 Å². The summed E-state index contributed by atoms with van der Waals surface area (Å²) in [5.41, 5.74) is 0. The van der Waals surface area contributed by atoms with Gasteiger partial charge in [-0.15, -0.1) is 10.2 Å². The van der Waals surface area contributed by atoms with Crippen molar-refractivity contribution in [2.75, 3.05) is 12.5 Å². The van der Waals surface area contributed by atoms with Gasteiger partial charge in [-0.3, -0.25) is 4.57 Å². The van der Waals surface area contributed by atoms with Crippen molar-refractivity contribution < 1.29 is 24.0 Å². The molecule has 1 aromatic heterocycles. The minimum absolute atomic E-state index is 0. The standard InChI is InChI=1S/C7H13N3S2.HI/c1-4-5-10-6(11-2)8-9-7(10)12-3;/h4-5H2,1-3H3;1H/p-1. The Morgan fingerprint density at radius 1 is 1.15 bits per heavy atom. The Labute approximate surface area is 104 Å². The molecule has 0 aliphatic rings. The highest BCUT2D eigenvalue weighted by Crippen LogP contribution is 2.19. The van der Waals surface area contributed by atoms with Gasteiger partial charge in [0.25, 0.3) is 0 Å². The van der Waals surface area contributed by atoms with Crippen LogP contribution >= 0.6 is 23.5 Å². The third-order valence-corrected chi connectivity index (χ3v) is 2.83. The number of rotatable bonds is 4. The van der Waals surface area contributed by atoms with Crippen LogP contribution in [-0.2, 0) is 6.54 Å². The van der Waals surface area contributed by atoms with Crippen LogP contribution in [0.15, 0.2) is 10.3 Å². The second kappa shape index (κ2) is 6.94. The molecule has 0 radical (unpaired) electrons. The second-order valence-electron chi connectivity index (χ2n) is 2.33. The predicted octanol–water partition coefficient (Wildman–Crippen LogP) is -0.864. The van der Waals surface area contributed by atoms with Crippen LogP contribution in [0.4, 0.5) is 0 Å². The fourth-order valence-corrected chi connectivity index (χ4v) is 2.09. The van der Waals surface area contributed by atoms with E-state index in [1.54, 1.807) is 23.5 Å². The lowest BCUT2D eigenvalue weighted by molar-refractivity contribution is -0.00000271. The summed E-state index contributed by atoms with van der Waals surface area (Å²) in [7, 11) is 0. The number of aromatic nitrogens is 3. The molecular weight excluding hydrogens is 317 g/mol. The highest BCUT2D eigenvalue weighted by molar-refractivity contribution is 7.99. The number of halogens is 1. The topological polar surface area (TPSA) is 30.7 Å². The van der Waals surface area contributed by atoms with Crippen LogP contribution in [0.2, 0.25) is 0 Å². The Balaban J connectivity index is 0.00000144.